The second kappa shape index (κ2) is 8.17. The summed E-state index contributed by atoms with van der Waals surface area (Å²) in [5, 5.41) is 4.81. The molecule has 1 aromatic heterocycles. The number of sulfonamides is 1. The number of rotatable bonds is 6. The number of carbonyl (C=O) groups excluding carboxylic acids is 1. The Labute approximate surface area is 166 Å². The highest BCUT2D eigenvalue weighted by Crippen LogP contribution is 2.25. The van der Waals surface area contributed by atoms with Gasteiger partial charge in [0, 0.05) is 18.0 Å². The molecule has 0 saturated heterocycles. The zero-order valence-electron chi connectivity index (χ0n) is 15.2. The van der Waals surface area contributed by atoms with Gasteiger partial charge in [-0.2, -0.15) is 4.31 Å². The van der Waals surface area contributed by atoms with E-state index in [4.69, 9.17) is 0 Å². The van der Waals surface area contributed by atoms with Crippen LogP contribution in [0.3, 0.4) is 0 Å². The summed E-state index contributed by atoms with van der Waals surface area (Å²) in [5.41, 5.74) is 2.80. The fourth-order valence-corrected chi connectivity index (χ4v) is 4.28. The summed E-state index contributed by atoms with van der Waals surface area (Å²) in [6, 6.07) is 12.3. The maximum atomic E-state index is 13.0. The highest BCUT2D eigenvalue weighted by atomic mass is 32.2. The van der Waals surface area contributed by atoms with Gasteiger partial charge in [-0.1, -0.05) is 29.8 Å². The molecule has 0 aliphatic heterocycles. The SMILES string of the molecule is Cc1ccc(-c2csc(NC(=O)CN(C)S(=O)(=O)c3ccc(F)cc3)n2)cc1. The van der Waals surface area contributed by atoms with Crippen LogP contribution in [0.4, 0.5) is 9.52 Å². The Kier molecular flexibility index (Phi) is 5.87. The van der Waals surface area contributed by atoms with E-state index in [0.29, 0.717) is 5.13 Å². The minimum absolute atomic E-state index is 0.0832. The molecule has 0 aliphatic rings. The standard InChI is InChI=1S/C19H18FN3O3S2/c1-13-3-5-14(6-4-13)17-12-27-19(21-17)22-18(24)11-23(2)28(25,26)16-9-7-15(20)8-10-16/h3-10,12H,11H2,1-2H3,(H,21,22,24). The Bertz CT molecular complexity index is 1080. The molecule has 9 heteroatoms. The number of carbonyl (C=O) groups is 1. The van der Waals surface area contributed by atoms with Crippen LogP contribution in [0.5, 0.6) is 0 Å². The van der Waals surface area contributed by atoms with E-state index in [1.807, 2.05) is 36.6 Å². The summed E-state index contributed by atoms with van der Waals surface area (Å²) in [7, 11) is -2.61. The highest BCUT2D eigenvalue weighted by molar-refractivity contribution is 7.89. The molecule has 3 aromatic rings. The quantitative estimate of drug-likeness (QED) is 0.663. The largest absolute Gasteiger partial charge is 0.301 e. The zero-order valence-corrected chi connectivity index (χ0v) is 16.8. The van der Waals surface area contributed by atoms with E-state index in [0.717, 1.165) is 45.4 Å². The molecular formula is C19H18FN3O3S2. The van der Waals surface area contributed by atoms with E-state index in [1.54, 1.807) is 0 Å². The minimum atomic E-state index is -3.90. The van der Waals surface area contributed by atoms with Gasteiger partial charge in [0.1, 0.15) is 5.82 Å². The first-order chi connectivity index (χ1) is 13.3. The van der Waals surface area contributed by atoms with Crippen LogP contribution in [-0.2, 0) is 14.8 Å². The lowest BCUT2D eigenvalue weighted by Crippen LogP contribution is -2.34. The Morgan fingerprint density at radius 1 is 1.14 bits per heavy atom. The van der Waals surface area contributed by atoms with Crippen LogP contribution < -0.4 is 5.32 Å². The molecule has 1 heterocycles. The second-order valence-corrected chi connectivity index (χ2v) is 9.07. The van der Waals surface area contributed by atoms with Crippen molar-refractivity contribution in [3.05, 3.63) is 65.3 Å². The molecular weight excluding hydrogens is 401 g/mol. The molecule has 0 radical (unpaired) electrons. The van der Waals surface area contributed by atoms with Crippen LogP contribution in [-0.4, -0.2) is 37.2 Å². The Balaban J connectivity index is 1.65. The van der Waals surface area contributed by atoms with E-state index < -0.39 is 21.7 Å². The van der Waals surface area contributed by atoms with Gasteiger partial charge in [-0.3, -0.25) is 4.79 Å². The van der Waals surface area contributed by atoms with Gasteiger partial charge in [-0.05, 0) is 31.2 Å². The van der Waals surface area contributed by atoms with Crippen molar-refractivity contribution in [2.24, 2.45) is 0 Å². The average molecular weight is 420 g/mol. The third-order valence-electron chi connectivity index (χ3n) is 3.99. The molecule has 1 N–H and O–H groups in total. The lowest BCUT2D eigenvalue weighted by molar-refractivity contribution is -0.116. The molecule has 6 nitrogen and oxygen atoms in total. The number of anilines is 1. The lowest BCUT2D eigenvalue weighted by atomic mass is 10.1. The first kappa shape index (κ1) is 20.1. The molecule has 0 aliphatic carbocycles. The van der Waals surface area contributed by atoms with Gasteiger partial charge >= 0.3 is 0 Å². The molecule has 0 unspecified atom stereocenters. The number of benzene rings is 2. The van der Waals surface area contributed by atoms with E-state index in [-0.39, 0.29) is 11.4 Å². The summed E-state index contributed by atoms with van der Waals surface area (Å²) in [6.45, 7) is 1.60. The molecule has 3 rings (SSSR count). The number of likely N-dealkylation sites (N-methyl/N-ethyl adjacent to an activating group) is 1. The van der Waals surface area contributed by atoms with Crippen LogP contribution in [0, 0.1) is 12.7 Å². The van der Waals surface area contributed by atoms with Gasteiger partial charge in [0.2, 0.25) is 15.9 Å². The fourth-order valence-electron chi connectivity index (χ4n) is 2.42. The van der Waals surface area contributed by atoms with Crippen molar-refractivity contribution in [2.45, 2.75) is 11.8 Å². The average Bonchev–Trinajstić information content (AvgIpc) is 3.10. The summed E-state index contributed by atoms with van der Waals surface area (Å²) >= 11 is 1.26. The van der Waals surface area contributed by atoms with E-state index in [9.17, 15) is 17.6 Å². The van der Waals surface area contributed by atoms with Crippen molar-refractivity contribution >= 4 is 32.4 Å². The lowest BCUT2D eigenvalue weighted by Gasteiger charge is -2.16. The first-order valence-electron chi connectivity index (χ1n) is 8.30. The number of thiazole rings is 1. The maximum Gasteiger partial charge on any atom is 0.243 e. The third kappa shape index (κ3) is 4.61. The van der Waals surface area contributed by atoms with Gasteiger partial charge in [0.25, 0.3) is 0 Å². The predicted molar refractivity (Wildman–Crippen MR) is 107 cm³/mol. The number of halogens is 1. The molecule has 28 heavy (non-hydrogen) atoms. The number of hydrogen-bond donors (Lipinski definition) is 1. The number of nitrogens with zero attached hydrogens (tertiary/aromatic N) is 2. The second-order valence-electron chi connectivity index (χ2n) is 6.17. The van der Waals surface area contributed by atoms with Crippen molar-refractivity contribution in [1.29, 1.82) is 0 Å². The first-order valence-corrected chi connectivity index (χ1v) is 10.6. The van der Waals surface area contributed by atoms with Crippen molar-refractivity contribution in [2.75, 3.05) is 18.9 Å². The van der Waals surface area contributed by atoms with E-state index in [2.05, 4.69) is 10.3 Å². The molecule has 0 saturated carbocycles. The number of aryl methyl sites for hydroxylation is 1. The Hall–Kier alpha value is -2.62. The maximum absolute atomic E-state index is 13.0. The van der Waals surface area contributed by atoms with Gasteiger partial charge in [-0.25, -0.2) is 17.8 Å². The number of nitrogens with one attached hydrogen (secondary N) is 1. The third-order valence-corrected chi connectivity index (χ3v) is 6.56. The molecule has 0 fully saturated rings. The molecule has 2 aromatic carbocycles. The van der Waals surface area contributed by atoms with E-state index in [1.165, 1.54) is 18.4 Å². The summed E-state index contributed by atoms with van der Waals surface area (Å²) in [5.74, 6) is -1.05. The summed E-state index contributed by atoms with van der Waals surface area (Å²) in [6.07, 6.45) is 0. The normalized spacial score (nSPS) is 11.6. The molecule has 0 bridgehead atoms. The molecule has 146 valence electrons. The smallest absolute Gasteiger partial charge is 0.243 e. The van der Waals surface area contributed by atoms with Gasteiger partial charge in [0.05, 0.1) is 17.1 Å². The monoisotopic (exact) mass is 419 g/mol. The minimum Gasteiger partial charge on any atom is -0.301 e. The molecule has 0 spiro atoms. The Morgan fingerprint density at radius 3 is 2.43 bits per heavy atom. The van der Waals surface area contributed by atoms with Crippen molar-refractivity contribution in [1.82, 2.24) is 9.29 Å². The van der Waals surface area contributed by atoms with Crippen LogP contribution in [0.25, 0.3) is 11.3 Å². The van der Waals surface area contributed by atoms with Gasteiger partial charge in [0.15, 0.2) is 5.13 Å². The van der Waals surface area contributed by atoms with Crippen LogP contribution in [0.2, 0.25) is 0 Å². The van der Waals surface area contributed by atoms with Crippen LogP contribution in [0.15, 0.2) is 58.8 Å². The topological polar surface area (TPSA) is 79.4 Å². The summed E-state index contributed by atoms with van der Waals surface area (Å²) in [4.78, 5) is 16.5. The van der Waals surface area contributed by atoms with Crippen LogP contribution in [0.1, 0.15) is 5.56 Å². The number of aromatic nitrogens is 1. The summed E-state index contributed by atoms with van der Waals surface area (Å²) < 4.78 is 38.8. The fraction of sp³-hybridized carbons (Fsp3) is 0.158. The Morgan fingerprint density at radius 2 is 1.79 bits per heavy atom. The van der Waals surface area contributed by atoms with Gasteiger partial charge in [-0.15, -0.1) is 11.3 Å². The van der Waals surface area contributed by atoms with Crippen molar-refractivity contribution in [3.63, 3.8) is 0 Å². The number of hydrogen-bond acceptors (Lipinski definition) is 5. The van der Waals surface area contributed by atoms with E-state index >= 15 is 0 Å². The molecule has 1 amide bonds. The molecule has 0 atom stereocenters. The van der Waals surface area contributed by atoms with Gasteiger partial charge < -0.3 is 5.32 Å². The number of amides is 1. The van der Waals surface area contributed by atoms with Crippen molar-refractivity contribution in [3.8, 4) is 11.3 Å². The zero-order chi connectivity index (χ0) is 20.3. The van der Waals surface area contributed by atoms with Crippen LogP contribution >= 0.6 is 11.3 Å². The predicted octanol–water partition coefficient (Wildman–Crippen LogP) is 3.52. The van der Waals surface area contributed by atoms with Crippen molar-refractivity contribution < 1.29 is 17.6 Å². The highest BCUT2D eigenvalue weighted by Gasteiger charge is 2.23.